The van der Waals surface area contributed by atoms with Crippen molar-refractivity contribution in [2.75, 3.05) is 0 Å². The van der Waals surface area contributed by atoms with Crippen molar-refractivity contribution in [1.29, 1.82) is 0 Å². The summed E-state index contributed by atoms with van der Waals surface area (Å²) in [5.41, 5.74) is 1.70. The topological polar surface area (TPSA) is 75.4 Å². The molecule has 0 saturated heterocycles. The summed E-state index contributed by atoms with van der Waals surface area (Å²) in [4.78, 5) is 10.5. The normalized spacial score (nSPS) is 10.6. The van der Waals surface area contributed by atoms with Gasteiger partial charge >= 0.3 is 0 Å². The van der Waals surface area contributed by atoms with Crippen LogP contribution < -0.4 is 5.32 Å². The number of hydrogen-bond donors (Lipinski definition) is 2. The fraction of sp³-hybridized carbons (Fsp3) is 0.200. The molecular weight excluding hydrogens is 275 g/mol. The van der Waals surface area contributed by atoms with Gasteiger partial charge in [0.2, 0.25) is 0 Å². The number of hydrogen-bond acceptors (Lipinski definition) is 4. The molecule has 5 nitrogen and oxygen atoms in total. The van der Waals surface area contributed by atoms with E-state index >= 15 is 0 Å². The minimum Gasteiger partial charge on any atom is -0.392 e. The molecule has 0 spiro atoms. The van der Waals surface area contributed by atoms with E-state index in [0.29, 0.717) is 18.7 Å². The molecule has 0 amide bonds. The highest BCUT2D eigenvalue weighted by atomic mass is 19.1. The average molecular weight is 290 g/mol. The van der Waals surface area contributed by atoms with Crippen LogP contribution in [-0.2, 0) is 19.7 Å². The van der Waals surface area contributed by atoms with Gasteiger partial charge in [-0.1, -0.05) is 24.3 Å². The Bertz CT molecular complexity index is 647. The van der Waals surface area contributed by atoms with E-state index in [-0.39, 0.29) is 17.9 Å². The van der Waals surface area contributed by atoms with Gasteiger partial charge < -0.3 is 10.4 Å². The summed E-state index contributed by atoms with van der Waals surface area (Å²) in [5.74, 6) is -0.444. The maximum Gasteiger partial charge on any atom is 0.273 e. The van der Waals surface area contributed by atoms with Gasteiger partial charge in [-0.15, -0.1) is 0 Å². The lowest BCUT2D eigenvalue weighted by Gasteiger charge is -2.07. The molecule has 0 aliphatic heterocycles. The number of aliphatic hydroxyl groups excluding tert-OH is 1. The van der Waals surface area contributed by atoms with Crippen molar-refractivity contribution in [2.45, 2.75) is 19.7 Å². The molecule has 0 atom stereocenters. The molecule has 0 aromatic heterocycles. The van der Waals surface area contributed by atoms with E-state index in [0.717, 1.165) is 5.56 Å². The second-order valence-electron chi connectivity index (χ2n) is 4.57. The number of aliphatic hydroxyl groups is 1. The molecule has 2 aromatic rings. The van der Waals surface area contributed by atoms with Crippen LogP contribution in [0.5, 0.6) is 0 Å². The van der Waals surface area contributed by atoms with Crippen molar-refractivity contribution in [1.82, 2.24) is 5.32 Å². The quantitative estimate of drug-likeness (QED) is 0.633. The summed E-state index contributed by atoms with van der Waals surface area (Å²) in [6, 6.07) is 11.0. The van der Waals surface area contributed by atoms with Gasteiger partial charge in [0.05, 0.1) is 11.5 Å². The van der Waals surface area contributed by atoms with Gasteiger partial charge in [-0.05, 0) is 17.7 Å². The zero-order chi connectivity index (χ0) is 15.2. The number of rotatable bonds is 6. The van der Waals surface area contributed by atoms with E-state index in [1.807, 2.05) is 0 Å². The zero-order valence-electron chi connectivity index (χ0n) is 11.3. The summed E-state index contributed by atoms with van der Waals surface area (Å²) in [6.07, 6.45) is 0. The van der Waals surface area contributed by atoms with E-state index in [2.05, 4.69) is 5.32 Å². The van der Waals surface area contributed by atoms with Crippen LogP contribution in [0.25, 0.3) is 0 Å². The first-order valence-corrected chi connectivity index (χ1v) is 6.43. The van der Waals surface area contributed by atoms with Gasteiger partial charge in [-0.3, -0.25) is 10.1 Å². The molecule has 0 bridgehead atoms. The average Bonchev–Trinajstić information content (AvgIpc) is 2.49. The zero-order valence-corrected chi connectivity index (χ0v) is 11.3. The lowest BCUT2D eigenvalue weighted by molar-refractivity contribution is -0.385. The Morgan fingerprint density at radius 3 is 2.62 bits per heavy atom. The van der Waals surface area contributed by atoms with Crippen LogP contribution >= 0.6 is 0 Å². The monoisotopic (exact) mass is 290 g/mol. The summed E-state index contributed by atoms with van der Waals surface area (Å²) in [7, 11) is 0. The minimum atomic E-state index is -0.444. The van der Waals surface area contributed by atoms with Crippen LogP contribution in [0.4, 0.5) is 10.1 Å². The fourth-order valence-electron chi connectivity index (χ4n) is 2.04. The molecule has 0 aliphatic carbocycles. The van der Waals surface area contributed by atoms with Crippen LogP contribution in [-0.4, -0.2) is 10.0 Å². The Kier molecular flexibility index (Phi) is 4.97. The number of nitrogens with one attached hydrogen (secondary N) is 1. The number of para-hydroxylation sites is 1. The molecule has 110 valence electrons. The molecule has 0 heterocycles. The molecule has 0 radical (unpaired) electrons. The van der Waals surface area contributed by atoms with Gasteiger partial charge in [-0.2, -0.15) is 0 Å². The number of nitro groups is 1. The predicted octanol–water partition coefficient (Wildman–Crippen LogP) is 2.52. The third-order valence-corrected chi connectivity index (χ3v) is 3.11. The van der Waals surface area contributed by atoms with Crippen molar-refractivity contribution >= 4 is 5.69 Å². The van der Waals surface area contributed by atoms with Crippen molar-refractivity contribution in [2.24, 2.45) is 0 Å². The largest absolute Gasteiger partial charge is 0.392 e. The highest BCUT2D eigenvalue weighted by molar-refractivity contribution is 5.39. The predicted molar refractivity (Wildman–Crippen MR) is 76.0 cm³/mol. The van der Waals surface area contributed by atoms with Gasteiger partial charge in [-0.25, -0.2) is 4.39 Å². The lowest BCUT2D eigenvalue weighted by Crippen LogP contribution is -2.14. The Labute approximate surface area is 121 Å². The van der Waals surface area contributed by atoms with Gasteiger partial charge in [0.25, 0.3) is 5.69 Å². The van der Waals surface area contributed by atoms with Crippen molar-refractivity contribution < 1.29 is 14.4 Å². The van der Waals surface area contributed by atoms with E-state index in [9.17, 15) is 14.5 Å². The van der Waals surface area contributed by atoms with E-state index < -0.39 is 10.7 Å². The molecule has 21 heavy (non-hydrogen) atoms. The molecule has 0 aliphatic rings. The molecule has 6 heteroatoms. The SMILES string of the molecule is O=[N+]([O-])c1ccccc1CNCc1ccc(F)c(CO)c1. The van der Waals surface area contributed by atoms with Crippen molar-refractivity contribution in [3.8, 4) is 0 Å². The first-order valence-electron chi connectivity index (χ1n) is 6.43. The van der Waals surface area contributed by atoms with Crippen LogP contribution in [0.3, 0.4) is 0 Å². The van der Waals surface area contributed by atoms with Crippen molar-refractivity contribution in [3.63, 3.8) is 0 Å². The maximum atomic E-state index is 13.2. The standard InChI is InChI=1S/C15H15FN2O3/c16-14-6-5-11(7-13(14)10-19)8-17-9-12-3-1-2-4-15(12)18(20)21/h1-7,17,19H,8-10H2. The molecule has 2 rings (SSSR count). The second kappa shape index (κ2) is 6.92. The molecule has 0 unspecified atom stereocenters. The van der Waals surface area contributed by atoms with E-state index in [1.54, 1.807) is 30.3 Å². The van der Waals surface area contributed by atoms with Gasteiger partial charge in [0.1, 0.15) is 5.82 Å². The van der Waals surface area contributed by atoms with Crippen LogP contribution in [0, 0.1) is 15.9 Å². The summed E-state index contributed by atoms with van der Waals surface area (Å²) < 4.78 is 13.2. The third-order valence-electron chi connectivity index (χ3n) is 3.11. The smallest absolute Gasteiger partial charge is 0.273 e. The molecule has 0 saturated carbocycles. The molecule has 2 N–H and O–H groups in total. The first-order chi connectivity index (χ1) is 10.1. The number of nitrogens with zero attached hydrogens (tertiary/aromatic N) is 1. The van der Waals surface area contributed by atoms with Crippen LogP contribution in [0.1, 0.15) is 16.7 Å². The third kappa shape index (κ3) is 3.84. The first kappa shape index (κ1) is 15.1. The summed E-state index contributed by atoms with van der Waals surface area (Å²) in [5, 5.41) is 23.0. The van der Waals surface area contributed by atoms with Crippen LogP contribution in [0.15, 0.2) is 42.5 Å². The number of halogens is 1. The highest BCUT2D eigenvalue weighted by Crippen LogP contribution is 2.17. The van der Waals surface area contributed by atoms with E-state index in [1.165, 1.54) is 12.1 Å². The van der Waals surface area contributed by atoms with Crippen LogP contribution in [0.2, 0.25) is 0 Å². The molecule has 0 fully saturated rings. The summed E-state index contributed by atoms with van der Waals surface area (Å²) >= 11 is 0. The van der Waals surface area contributed by atoms with Crippen molar-refractivity contribution in [3.05, 3.63) is 75.1 Å². The minimum absolute atomic E-state index is 0.0696. The maximum absolute atomic E-state index is 13.2. The highest BCUT2D eigenvalue weighted by Gasteiger charge is 2.11. The fourth-order valence-corrected chi connectivity index (χ4v) is 2.04. The summed E-state index contributed by atoms with van der Waals surface area (Å²) in [6.45, 7) is 0.409. The number of benzene rings is 2. The Morgan fingerprint density at radius 1 is 1.14 bits per heavy atom. The lowest BCUT2D eigenvalue weighted by atomic mass is 10.1. The van der Waals surface area contributed by atoms with Gasteiger partial charge in [0.15, 0.2) is 0 Å². The Balaban J connectivity index is 2.00. The van der Waals surface area contributed by atoms with Gasteiger partial charge in [0, 0.05) is 30.3 Å². The number of nitro benzene ring substituents is 1. The molecule has 2 aromatic carbocycles. The second-order valence-corrected chi connectivity index (χ2v) is 4.57. The van der Waals surface area contributed by atoms with E-state index in [4.69, 9.17) is 5.11 Å². The molecular formula is C15H15FN2O3. The Hall–Kier alpha value is -2.31. The Morgan fingerprint density at radius 2 is 1.90 bits per heavy atom.